The van der Waals surface area contributed by atoms with Crippen LogP contribution in [0.4, 0.5) is 0 Å². The van der Waals surface area contributed by atoms with Crippen molar-refractivity contribution in [1.82, 2.24) is 14.9 Å². The first-order chi connectivity index (χ1) is 12.1. The smallest absolute Gasteiger partial charge is 0.227 e. The molecule has 25 heavy (non-hydrogen) atoms. The van der Waals surface area contributed by atoms with Crippen molar-refractivity contribution in [1.29, 1.82) is 0 Å². The molecule has 2 fully saturated rings. The van der Waals surface area contributed by atoms with Gasteiger partial charge in [0.15, 0.2) is 0 Å². The van der Waals surface area contributed by atoms with Crippen LogP contribution < -0.4 is 0 Å². The van der Waals surface area contributed by atoms with Crippen LogP contribution in [0.5, 0.6) is 0 Å². The average Bonchev–Trinajstić information content (AvgIpc) is 3.36. The van der Waals surface area contributed by atoms with E-state index in [9.17, 15) is 4.79 Å². The second kappa shape index (κ2) is 5.36. The summed E-state index contributed by atoms with van der Waals surface area (Å²) in [4.78, 5) is 23.7. The van der Waals surface area contributed by atoms with Crippen molar-refractivity contribution in [3.63, 3.8) is 0 Å². The van der Waals surface area contributed by atoms with Crippen LogP contribution in [0.3, 0.4) is 0 Å². The van der Waals surface area contributed by atoms with E-state index in [1.54, 1.807) is 0 Å². The maximum Gasteiger partial charge on any atom is 0.227 e. The van der Waals surface area contributed by atoms with Crippen molar-refractivity contribution in [3.05, 3.63) is 58.7 Å². The first-order valence-corrected chi connectivity index (χ1v) is 8.97. The molecule has 5 rings (SSSR count). The number of benzene rings is 1. The van der Waals surface area contributed by atoms with Crippen molar-refractivity contribution in [3.8, 4) is 0 Å². The van der Waals surface area contributed by atoms with Crippen LogP contribution in [0.1, 0.15) is 47.0 Å². The monoisotopic (exact) mass is 335 g/mol. The summed E-state index contributed by atoms with van der Waals surface area (Å²) in [7, 11) is 0. The first-order valence-electron chi connectivity index (χ1n) is 8.97. The molecule has 0 unspecified atom stereocenters. The van der Waals surface area contributed by atoms with Gasteiger partial charge >= 0.3 is 0 Å². The number of aryl methyl sites for hydroxylation is 1. The van der Waals surface area contributed by atoms with Crippen molar-refractivity contribution < 1.29 is 9.53 Å². The third-order valence-corrected chi connectivity index (χ3v) is 5.65. The molecule has 0 bridgehead atoms. The Kier molecular flexibility index (Phi) is 3.22. The maximum atomic E-state index is 12.6. The Morgan fingerprint density at radius 1 is 1.32 bits per heavy atom. The van der Waals surface area contributed by atoms with Gasteiger partial charge < -0.3 is 9.64 Å². The van der Waals surface area contributed by atoms with E-state index >= 15 is 0 Å². The molecular formula is C20H21N3O2. The normalized spacial score (nSPS) is 20.4. The van der Waals surface area contributed by atoms with Gasteiger partial charge in [-0.3, -0.25) is 4.79 Å². The predicted octanol–water partition coefficient (Wildman–Crippen LogP) is 2.47. The zero-order chi connectivity index (χ0) is 17.0. The van der Waals surface area contributed by atoms with Gasteiger partial charge in [-0.15, -0.1) is 0 Å². The topological polar surface area (TPSA) is 55.3 Å². The number of rotatable bonds is 3. The lowest BCUT2D eigenvalue weighted by atomic mass is 9.87. The van der Waals surface area contributed by atoms with Crippen molar-refractivity contribution in [2.45, 2.75) is 44.3 Å². The number of hydrogen-bond donors (Lipinski definition) is 0. The molecule has 0 radical (unpaired) electrons. The number of nitrogens with zero attached hydrogens (tertiary/aromatic N) is 3. The highest BCUT2D eigenvalue weighted by Crippen LogP contribution is 2.44. The molecule has 0 atom stereocenters. The quantitative estimate of drug-likeness (QED) is 0.865. The van der Waals surface area contributed by atoms with Gasteiger partial charge in [0.25, 0.3) is 0 Å². The maximum absolute atomic E-state index is 12.6. The molecule has 1 aromatic heterocycles. The van der Waals surface area contributed by atoms with Gasteiger partial charge in [0.1, 0.15) is 11.4 Å². The summed E-state index contributed by atoms with van der Waals surface area (Å²) >= 11 is 0. The van der Waals surface area contributed by atoms with Gasteiger partial charge in [-0.2, -0.15) is 0 Å². The van der Waals surface area contributed by atoms with Crippen LogP contribution in [-0.4, -0.2) is 33.9 Å². The number of amides is 1. The molecule has 5 nitrogen and oxygen atoms in total. The number of likely N-dealkylation sites (tertiary alicyclic amines) is 1. The highest BCUT2D eigenvalue weighted by molar-refractivity contribution is 5.80. The first kappa shape index (κ1) is 15.0. The number of ether oxygens (including phenoxy) is 1. The molecule has 128 valence electrons. The minimum atomic E-state index is -0.376. The molecule has 3 aliphatic rings. The molecule has 1 saturated carbocycles. The van der Waals surface area contributed by atoms with Gasteiger partial charge in [-0.05, 0) is 30.9 Å². The number of carbonyl (C=O) groups excluding carboxylic acids is 1. The van der Waals surface area contributed by atoms with Gasteiger partial charge in [0, 0.05) is 17.7 Å². The van der Waals surface area contributed by atoms with Gasteiger partial charge in [-0.25, -0.2) is 9.97 Å². The van der Waals surface area contributed by atoms with E-state index < -0.39 is 0 Å². The average molecular weight is 335 g/mol. The third kappa shape index (κ3) is 2.45. The lowest BCUT2D eigenvalue weighted by Gasteiger charge is -2.47. The standard InChI is InChI=1S/C20H21N3O2/c1-13-4-2-3-5-15(13)8-18(24)23-11-20(12-23)16-9-21-19(14-6-7-14)22-17(16)10-25-20/h2-5,9,14H,6-8,10-12H2,1H3. The molecule has 1 saturated heterocycles. The van der Waals surface area contributed by atoms with Crippen molar-refractivity contribution in [2.75, 3.05) is 13.1 Å². The number of hydrogen-bond acceptors (Lipinski definition) is 4. The lowest BCUT2D eigenvalue weighted by Crippen LogP contribution is -2.61. The summed E-state index contributed by atoms with van der Waals surface area (Å²) in [6, 6.07) is 8.06. The SMILES string of the molecule is Cc1ccccc1CC(=O)N1CC2(C1)OCc1nc(C3CC3)ncc12. The fourth-order valence-corrected chi connectivity index (χ4v) is 3.84. The van der Waals surface area contributed by atoms with E-state index in [0.29, 0.717) is 32.0 Å². The Morgan fingerprint density at radius 2 is 2.12 bits per heavy atom. The highest BCUT2D eigenvalue weighted by atomic mass is 16.5. The predicted molar refractivity (Wildman–Crippen MR) is 91.9 cm³/mol. The van der Waals surface area contributed by atoms with Gasteiger partial charge in [-0.1, -0.05) is 24.3 Å². The van der Waals surface area contributed by atoms with Crippen LogP contribution in [0.2, 0.25) is 0 Å². The molecule has 1 amide bonds. The van der Waals surface area contributed by atoms with E-state index in [2.05, 4.69) is 4.98 Å². The Balaban J connectivity index is 1.29. The largest absolute Gasteiger partial charge is 0.360 e. The van der Waals surface area contributed by atoms with Crippen LogP contribution >= 0.6 is 0 Å². The van der Waals surface area contributed by atoms with Gasteiger partial charge in [0.2, 0.25) is 5.91 Å². The molecular weight excluding hydrogens is 314 g/mol. The fraction of sp³-hybridized carbons (Fsp3) is 0.450. The van der Waals surface area contributed by atoms with E-state index in [-0.39, 0.29) is 11.5 Å². The summed E-state index contributed by atoms with van der Waals surface area (Å²) in [5.74, 6) is 1.68. The number of fused-ring (bicyclic) bond motifs is 2. The molecule has 2 aromatic rings. The van der Waals surface area contributed by atoms with Crippen molar-refractivity contribution >= 4 is 5.91 Å². The number of aromatic nitrogens is 2. The summed E-state index contributed by atoms with van der Waals surface area (Å²) in [5.41, 5.74) is 3.98. The Morgan fingerprint density at radius 3 is 2.88 bits per heavy atom. The van der Waals surface area contributed by atoms with Crippen LogP contribution in [-0.2, 0) is 28.2 Å². The zero-order valence-corrected chi connectivity index (χ0v) is 14.4. The second-order valence-corrected chi connectivity index (χ2v) is 7.50. The third-order valence-electron chi connectivity index (χ3n) is 5.65. The summed E-state index contributed by atoms with van der Waals surface area (Å²) < 4.78 is 6.06. The highest BCUT2D eigenvalue weighted by Gasteiger charge is 2.52. The van der Waals surface area contributed by atoms with Crippen LogP contribution in [0.15, 0.2) is 30.5 Å². The molecule has 1 spiro atoms. The van der Waals surface area contributed by atoms with Crippen molar-refractivity contribution in [2.24, 2.45) is 0 Å². The van der Waals surface area contributed by atoms with E-state index in [1.807, 2.05) is 42.3 Å². The van der Waals surface area contributed by atoms with Crippen LogP contribution in [0.25, 0.3) is 0 Å². The van der Waals surface area contributed by atoms with Gasteiger partial charge in [0.05, 0.1) is 31.8 Å². The lowest BCUT2D eigenvalue weighted by molar-refractivity contribution is -0.168. The van der Waals surface area contributed by atoms with E-state index in [1.165, 1.54) is 12.8 Å². The molecule has 0 N–H and O–H groups in total. The summed E-state index contributed by atoms with van der Waals surface area (Å²) in [6.07, 6.45) is 4.79. The number of carbonyl (C=O) groups is 1. The Hall–Kier alpha value is -2.27. The second-order valence-electron chi connectivity index (χ2n) is 7.50. The fourth-order valence-electron chi connectivity index (χ4n) is 3.84. The van der Waals surface area contributed by atoms with Crippen LogP contribution in [0, 0.1) is 6.92 Å². The Bertz CT molecular complexity index is 854. The Labute approximate surface area is 147 Å². The molecule has 5 heteroatoms. The molecule has 1 aromatic carbocycles. The molecule has 3 heterocycles. The minimum Gasteiger partial charge on any atom is -0.360 e. The minimum absolute atomic E-state index is 0.160. The molecule has 1 aliphatic carbocycles. The molecule has 2 aliphatic heterocycles. The summed E-state index contributed by atoms with van der Waals surface area (Å²) in [6.45, 7) is 3.80. The summed E-state index contributed by atoms with van der Waals surface area (Å²) in [5, 5.41) is 0. The van der Waals surface area contributed by atoms with E-state index in [0.717, 1.165) is 28.2 Å². The zero-order valence-electron chi connectivity index (χ0n) is 14.4. The van der Waals surface area contributed by atoms with E-state index in [4.69, 9.17) is 9.72 Å².